The van der Waals surface area contributed by atoms with Gasteiger partial charge in [0.05, 0.1) is 5.41 Å². The predicted molar refractivity (Wildman–Crippen MR) is 36.5 cm³/mol. The first-order valence-electron chi connectivity index (χ1n) is 3.07. The second-order valence-corrected chi connectivity index (χ2v) is 2.89. The summed E-state index contributed by atoms with van der Waals surface area (Å²) in [5, 5.41) is 0. The van der Waals surface area contributed by atoms with E-state index in [1.54, 1.807) is 13.8 Å². The predicted octanol–water partition coefficient (Wildman–Crippen LogP) is 0.775. The highest BCUT2D eigenvalue weighted by Gasteiger charge is 2.17. The molecule has 0 aromatic carbocycles. The van der Waals surface area contributed by atoms with E-state index in [1.807, 2.05) is 0 Å². The standard InChI is InChI=1S/C7H12O3/c1-6(9)10-5-7(2,3)4-8/h4H,5H2,1-3H3. The Morgan fingerprint density at radius 3 is 2.40 bits per heavy atom. The number of ether oxygens (including phenoxy) is 1. The van der Waals surface area contributed by atoms with E-state index in [9.17, 15) is 9.59 Å². The zero-order valence-corrected chi connectivity index (χ0v) is 6.51. The van der Waals surface area contributed by atoms with Gasteiger partial charge in [0.1, 0.15) is 12.9 Å². The number of rotatable bonds is 3. The summed E-state index contributed by atoms with van der Waals surface area (Å²) in [6.45, 7) is 4.90. The normalized spacial score (nSPS) is 10.7. The number of hydrogen-bond acceptors (Lipinski definition) is 3. The second-order valence-electron chi connectivity index (χ2n) is 2.89. The summed E-state index contributed by atoms with van der Waals surface area (Å²) in [6.07, 6.45) is 0.774. The van der Waals surface area contributed by atoms with Crippen molar-refractivity contribution in [3.05, 3.63) is 0 Å². The van der Waals surface area contributed by atoms with Crippen LogP contribution in [0.3, 0.4) is 0 Å². The Hall–Kier alpha value is -0.860. The summed E-state index contributed by atoms with van der Waals surface area (Å²) in [7, 11) is 0. The summed E-state index contributed by atoms with van der Waals surface area (Å²) in [6, 6.07) is 0. The van der Waals surface area contributed by atoms with Crippen LogP contribution in [0.4, 0.5) is 0 Å². The van der Waals surface area contributed by atoms with E-state index in [4.69, 9.17) is 0 Å². The Balaban J connectivity index is 3.67. The first-order chi connectivity index (χ1) is 4.48. The zero-order chi connectivity index (χ0) is 8.20. The molecule has 10 heavy (non-hydrogen) atoms. The summed E-state index contributed by atoms with van der Waals surface area (Å²) < 4.78 is 4.63. The average Bonchev–Trinajstić information content (AvgIpc) is 1.85. The summed E-state index contributed by atoms with van der Waals surface area (Å²) in [4.78, 5) is 20.5. The molecule has 0 amide bonds. The largest absolute Gasteiger partial charge is 0.465 e. The minimum Gasteiger partial charge on any atom is -0.465 e. The van der Waals surface area contributed by atoms with Crippen molar-refractivity contribution in [1.82, 2.24) is 0 Å². The number of aldehydes is 1. The molecule has 58 valence electrons. The first kappa shape index (κ1) is 9.14. The lowest BCUT2D eigenvalue weighted by Crippen LogP contribution is -2.22. The molecule has 3 heteroatoms. The van der Waals surface area contributed by atoms with Crippen LogP contribution in [0.5, 0.6) is 0 Å². The van der Waals surface area contributed by atoms with Gasteiger partial charge in [-0.2, -0.15) is 0 Å². The fraction of sp³-hybridized carbons (Fsp3) is 0.714. The molecule has 0 fully saturated rings. The third-order valence-corrected chi connectivity index (χ3v) is 0.966. The molecule has 0 atom stereocenters. The van der Waals surface area contributed by atoms with Crippen molar-refractivity contribution in [3.8, 4) is 0 Å². The van der Waals surface area contributed by atoms with E-state index < -0.39 is 5.41 Å². The topological polar surface area (TPSA) is 43.4 Å². The van der Waals surface area contributed by atoms with Gasteiger partial charge in [0.2, 0.25) is 0 Å². The van der Waals surface area contributed by atoms with Gasteiger partial charge in [0.15, 0.2) is 0 Å². The Labute approximate surface area is 60.4 Å². The van der Waals surface area contributed by atoms with E-state index >= 15 is 0 Å². The molecule has 0 aromatic rings. The molecule has 0 aliphatic carbocycles. The highest BCUT2D eigenvalue weighted by atomic mass is 16.5. The van der Waals surface area contributed by atoms with Gasteiger partial charge in [-0.25, -0.2) is 0 Å². The molecule has 0 aliphatic heterocycles. The van der Waals surface area contributed by atoms with E-state index in [0.717, 1.165) is 6.29 Å². The van der Waals surface area contributed by atoms with E-state index in [-0.39, 0.29) is 12.6 Å². The molecular weight excluding hydrogens is 132 g/mol. The Morgan fingerprint density at radius 1 is 1.60 bits per heavy atom. The van der Waals surface area contributed by atoms with Gasteiger partial charge < -0.3 is 9.53 Å². The number of carbonyl (C=O) groups is 2. The highest BCUT2D eigenvalue weighted by Crippen LogP contribution is 2.10. The van der Waals surface area contributed by atoms with Crippen molar-refractivity contribution in [3.63, 3.8) is 0 Å². The monoisotopic (exact) mass is 144 g/mol. The molecule has 0 unspecified atom stereocenters. The fourth-order valence-corrected chi connectivity index (χ4v) is 0.322. The maximum absolute atomic E-state index is 10.3. The number of hydrogen-bond donors (Lipinski definition) is 0. The highest BCUT2D eigenvalue weighted by molar-refractivity contribution is 5.66. The Kier molecular flexibility index (Phi) is 3.06. The quantitative estimate of drug-likeness (QED) is 0.434. The maximum Gasteiger partial charge on any atom is 0.302 e. The van der Waals surface area contributed by atoms with Gasteiger partial charge in [-0.3, -0.25) is 4.79 Å². The van der Waals surface area contributed by atoms with Gasteiger partial charge in [-0.05, 0) is 13.8 Å². The van der Waals surface area contributed by atoms with Crippen molar-refractivity contribution in [2.24, 2.45) is 5.41 Å². The van der Waals surface area contributed by atoms with Crippen molar-refractivity contribution in [1.29, 1.82) is 0 Å². The minimum atomic E-state index is -0.550. The summed E-state index contributed by atoms with van der Waals surface area (Å²) in [5.74, 6) is -0.352. The Morgan fingerprint density at radius 2 is 2.10 bits per heavy atom. The van der Waals surface area contributed by atoms with E-state index in [2.05, 4.69) is 4.74 Å². The van der Waals surface area contributed by atoms with Crippen molar-refractivity contribution < 1.29 is 14.3 Å². The van der Waals surface area contributed by atoms with Gasteiger partial charge in [0.25, 0.3) is 0 Å². The number of esters is 1. The van der Waals surface area contributed by atoms with Crippen LogP contribution in [0.1, 0.15) is 20.8 Å². The summed E-state index contributed by atoms with van der Waals surface area (Å²) >= 11 is 0. The first-order valence-corrected chi connectivity index (χ1v) is 3.07. The molecule has 0 aromatic heterocycles. The molecule has 0 saturated heterocycles. The van der Waals surface area contributed by atoms with Crippen LogP contribution < -0.4 is 0 Å². The van der Waals surface area contributed by atoms with Crippen LogP contribution in [0.2, 0.25) is 0 Å². The summed E-state index contributed by atoms with van der Waals surface area (Å²) in [5.41, 5.74) is -0.550. The third-order valence-electron chi connectivity index (χ3n) is 0.966. The maximum atomic E-state index is 10.3. The molecule has 0 radical (unpaired) electrons. The van der Waals surface area contributed by atoms with Crippen LogP contribution >= 0.6 is 0 Å². The Bertz CT molecular complexity index is 138. The smallest absolute Gasteiger partial charge is 0.302 e. The van der Waals surface area contributed by atoms with Crippen LogP contribution in [-0.4, -0.2) is 18.9 Å². The van der Waals surface area contributed by atoms with Crippen LogP contribution in [-0.2, 0) is 14.3 Å². The average molecular weight is 144 g/mol. The lowest BCUT2D eigenvalue weighted by atomic mass is 9.98. The number of carbonyl (C=O) groups excluding carboxylic acids is 2. The van der Waals surface area contributed by atoms with Crippen LogP contribution in [0, 0.1) is 5.41 Å². The van der Waals surface area contributed by atoms with Crippen LogP contribution in [0.25, 0.3) is 0 Å². The zero-order valence-electron chi connectivity index (χ0n) is 6.51. The fourth-order valence-electron chi connectivity index (χ4n) is 0.322. The third kappa shape index (κ3) is 4.06. The van der Waals surface area contributed by atoms with E-state index in [1.165, 1.54) is 6.92 Å². The lowest BCUT2D eigenvalue weighted by molar-refractivity contribution is -0.144. The molecule has 0 heterocycles. The molecule has 0 spiro atoms. The molecule has 0 aliphatic rings. The molecule has 0 bridgehead atoms. The molecular formula is C7H12O3. The SMILES string of the molecule is CC(=O)OCC(C)(C)C=O. The van der Waals surface area contributed by atoms with Crippen molar-refractivity contribution in [2.45, 2.75) is 20.8 Å². The molecule has 0 saturated carbocycles. The van der Waals surface area contributed by atoms with Gasteiger partial charge in [-0.1, -0.05) is 0 Å². The van der Waals surface area contributed by atoms with Gasteiger partial charge >= 0.3 is 5.97 Å². The van der Waals surface area contributed by atoms with Crippen LogP contribution in [0.15, 0.2) is 0 Å². The molecule has 0 rings (SSSR count). The molecule has 3 nitrogen and oxygen atoms in total. The molecule has 0 N–H and O–H groups in total. The van der Waals surface area contributed by atoms with Crippen molar-refractivity contribution in [2.75, 3.05) is 6.61 Å². The lowest BCUT2D eigenvalue weighted by Gasteiger charge is -2.14. The second kappa shape index (κ2) is 3.34. The minimum absolute atomic E-state index is 0.159. The van der Waals surface area contributed by atoms with Gasteiger partial charge in [-0.15, -0.1) is 0 Å². The van der Waals surface area contributed by atoms with Gasteiger partial charge in [0, 0.05) is 6.92 Å². The van der Waals surface area contributed by atoms with E-state index in [0.29, 0.717) is 0 Å². The van der Waals surface area contributed by atoms with Crippen molar-refractivity contribution >= 4 is 12.3 Å².